The highest BCUT2D eigenvalue weighted by Gasteiger charge is 2.08. The van der Waals surface area contributed by atoms with Crippen molar-refractivity contribution in [3.05, 3.63) is 38.9 Å². The first kappa shape index (κ1) is 10.5. The van der Waals surface area contributed by atoms with Crippen molar-refractivity contribution < 1.29 is 4.74 Å². The van der Waals surface area contributed by atoms with Gasteiger partial charge < -0.3 is 13.9 Å². The number of nitrogens with zero attached hydrogens (tertiary/aromatic N) is 2. The smallest absolute Gasteiger partial charge is 0.316 e. The fourth-order valence-corrected chi connectivity index (χ4v) is 1.69. The molecule has 0 aliphatic heterocycles. The minimum absolute atomic E-state index is 0.528. The predicted molar refractivity (Wildman–Crippen MR) is 61.0 cm³/mol. The van der Waals surface area contributed by atoms with Crippen molar-refractivity contribution in [2.45, 2.75) is 0 Å². The lowest BCUT2D eigenvalue weighted by Crippen LogP contribution is -2.39. The van der Waals surface area contributed by atoms with Gasteiger partial charge in [-0.2, -0.15) is 0 Å². The third kappa shape index (κ3) is 1.32. The van der Waals surface area contributed by atoms with E-state index in [1.165, 1.54) is 9.13 Å². The molecule has 0 fully saturated rings. The van der Waals surface area contributed by atoms with Crippen LogP contribution in [0.2, 0.25) is 0 Å². The van der Waals surface area contributed by atoms with Gasteiger partial charge in [0.05, 0.1) is 18.1 Å². The van der Waals surface area contributed by atoms with Gasteiger partial charge >= 0.3 is 11.1 Å². The Morgan fingerprint density at radius 1 is 1.00 bits per heavy atom. The van der Waals surface area contributed by atoms with Gasteiger partial charge in [0, 0.05) is 20.2 Å². The Morgan fingerprint density at radius 2 is 1.56 bits per heavy atom. The van der Waals surface area contributed by atoms with E-state index in [9.17, 15) is 9.59 Å². The Kier molecular flexibility index (Phi) is 2.30. The maximum atomic E-state index is 11.6. The van der Waals surface area contributed by atoms with Crippen LogP contribution in [0.15, 0.2) is 27.8 Å². The van der Waals surface area contributed by atoms with E-state index in [1.54, 1.807) is 39.4 Å². The zero-order valence-corrected chi connectivity index (χ0v) is 9.35. The largest absolute Gasteiger partial charge is 0.497 e. The van der Waals surface area contributed by atoms with E-state index in [2.05, 4.69) is 0 Å². The summed E-state index contributed by atoms with van der Waals surface area (Å²) in [5.74, 6) is 0.654. The molecule has 0 aliphatic rings. The number of aromatic nitrogens is 2. The molecule has 2 aromatic rings. The van der Waals surface area contributed by atoms with Crippen LogP contribution in [0.25, 0.3) is 11.0 Å². The third-order valence-corrected chi connectivity index (χ3v) is 2.70. The highest BCUT2D eigenvalue weighted by atomic mass is 16.5. The summed E-state index contributed by atoms with van der Waals surface area (Å²) in [5, 5.41) is 0. The lowest BCUT2D eigenvalue weighted by molar-refractivity contribution is 0.415. The molecule has 0 aliphatic carbocycles. The Morgan fingerprint density at radius 3 is 2.12 bits per heavy atom. The minimum atomic E-state index is -0.539. The Labute approximate surface area is 91.5 Å². The average Bonchev–Trinajstić information content (AvgIpc) is 2.33. The molecule has 5 heteroatoms. The summed E-state index contributed by atoms with van der Waals surface area (Å²) in [6.45, 7) is 0. The van der Waals surface area contributed by atoms with Crippen molar-refractivity contribution in [1.29, 1.82) is 0 Å². The van der Waals surface area contributed by atoms with E-state index in [0.717, 1.165) is 0 Å². The summed E-state index contributed by atoms with van der Waals surface area (Å²) in [6.07, 6.45) is 0. The topological polar surface area (TPSA) is 53.2 Å². The summed E-state index contributed by atoms with van der Waals surface area (Å²) in [4.78, 5) is 23.1. The number of fused-ring (bicyclic) bond motifs is 1. The third-order valence-electron chi connectivity index (χ3n) is 2.70. The molecule has 2 rings (SSSR count). The van der Waals surface area contributed by atoms with Gasteiger partial charge in [0.2, 0.25) is 0 Å². The van der Waals surface area contributed by atoms with Crippen molar-refractivity contribution in [3.8, 4) is 5.75 Å². The highest BCUT2D eigenvalue weighted by molar-refractivity contribution is 5.76. The molecule has 1 aromatic heterocycles. The van der Waals surface area contributed by atoms with E-state index in [-0.39, 0.29) is 0 Å². The maximum absolute atomic E-state index is 11.6. The van der Waals surface area contributed by atoms with Crippen LogP contribution in [0.1, 0.15) is 0 Å². The van der Waals surface area contributed by atoms with E-state index in [1.807, 2.05) is 0 Å². The van der Waals surface area contributed by atoms with Gasteiger partial charge in [-0.05, 0) is 12.1 Å². The van der Waals surface area contributed by atoms with Crippen LogP contribution in [-0.4, -0.2) is 16.2 Å². The number of hydrogen-bond donors (Lipinski definition) is 0. The molecule has 0 N–H and O–H groups in total. The van der Waals surface area contributed by atoms with Crippen molar-refractivity contribution in [2.75, 3.05) is 7.11 Å². The van der Waals surface area contributed by atoms with Gasteiger partial charge in [-0.15, -0.1) is 0 Å². The van der Waals surface area contributed by atoms with Gasteiger partial charge in [-0.3, -0.25) is 9.59 Å². The second-order valence-electron chi connectivity index (χ2n) is 3.58. The molecule has 0 spiro atoms. The van der Waals surface area contributed by atoms with Crippen LogP contribution in [0.4, 0.5) is 0 Å². The number of rotatable bonds is 1. The van der Waals surface area contributed by atoms with Crippen molar-refractivity contribution in [1.82, 2.24) is 9.13 Å². The minimum Gasteiger partial charge on any atom is -0.497 e. The second kappa shape index (κ2) is 3.52. The van der Waals surface area contributed by atoms with Gasteiger partial charge in [0.1, 0.15) is 5.75 Å². The lowest BCUT2D eigenvalue weighted by atomic mass is 10.2. The van der Waals surface area contributed by atoms with Gasteiger partial charge in [-0.25, -0.2) is 0 Å². The number of hydrogen-bond acceptors (Lipinski definition) is 3. The summed E-state index contributed by atoms with van der Waals surface area (Å²) in [7, 11) is 4.71. The van der Waals surface area contributed by atoms with E-state index in [4.69, 9.17) is 4.74 Å². The Balaban J connectivity index is 3.03. The molecule has 84 valence electrons. The SMILES string of the molecule is COc1ccc2c(c1)n(C)c(=O)c(=O)n2C. The first-order valence-electron chi connectivity index (χ1n) is 4.80. The normalized spacial score (nSPS) is 10.7. The molecule has 0 atom stereocenters. The van der Waals surface area contributed by atoms with Crippen LogP contribution in [0, 0.1) is 0 Å². The van der Waals surface area contributed by atoms with E-state index < -0.39 is 11.1 Å². The predicted octanol–water partition coefficient (Wildman–Crippen LogP) is 0.246. The van der Waals surface area contributed by atoms with Crippen LogP contribution in [0.5, 0.6) is 5.75 Å². The Bertz CT molecular complexity index is 667. The molecule has 1 aromatic carbocycles. The molecule has 0 saturated carbocycles. The molecule has 0 bridgehead atoms. The highest BCUT2D eigenvalue weighted by Crippen LogP contribution is 2.17. The average molecular weight is 220 g/mol. The standard InChI is InChI=1S/C11H12N2O3/c1-12-8-5-4-7(16-3)6-9(8)13(2)11(15)10(12)14/h4-6H,1-3H3. The molecular formula is C11H12N2O3. The molecule has 0 amide bonds. The molecule has 0 saturated heterocycles. The summed E-state index contributed by atoms with van der Waals surface area (Å²) >= 11 is 0. The summed E-state index contributed by atoms with van der Waals surface area (Å²) in [6, 6.07) is 5.25. The summed E-state index contributed by atoms with van der Waals surface area (Å²) in [5.41, 5.74) is 0.308. The van der Waals surface area contributed by atoms with Crippen molar-refractivity contribution >= 4 is 11.0 Å². The van der Waals surface area contributed by atoms with Crippen LogP contribution in [0.3, 0.4) is 0 Å². The van der Waals surface area contributed by atoms with E-state index >= 15 is 0 Å². The zero-order valence-electron chi connectivity index (χ0n) is 9.35. The van der Waals surface area contributed by atoms with Crippen molar-refractivity contribution in [2.24, 2.45) is 14.1 Å². The molecule has 16 heavy (non-hydrogen) atoms. The molecule has 0 radical (unpaired) electrons. The number of benzene rings is 1. The van der Waals surface area contributed by atoms with Gasteiger partial charge in [-0.1, -0.05) is 0 Å². The fraction of sp³-hybridized carbons (Fsp3) is 0.273. The first-order valence-corrected chi connectivity index (χ1v) is 4.80. The molecular weight excluding hydrogens is 208 g/mol. The van der Waals surface area contributed by atoms with Gasteiger partial charge in [0.15, 0.2) is 0 Å². The van der Waals surface area contributed by atoms with E-state index in [0.29, 0.717) is 16.8 Å². The maximum Gasteiger partial charge on any atom is 0.316 e. The van der Waals surface area contributed by atoms with Gasteiger partial charge in [0.25, 0.3) is 0 Å². The molecule has 5 nitrogen and oxygen atoms in total. The fourth-order valence-electron chi connectivity index (χ4n) is 1.69. The molecule has 0 unspecified atom stereocenters. The molecule has 1 heterocycles. The lowest BCUT2D eigenvalue weighted by Gasteiger charge is -2.09. The zero-order chi connectivity index (χ0) is 11.9. The van der Waals surface area contributed by atoms with Crippen LogP contribution >= 0.6 is 0 Å². The first-order chi connectivity index (χ1) is 7.56. The van der Waals surface area contributed by atoms with Crippen LogP contribution in [-0.2, 0) is 14.1 Å². The quantitative estimate of drug-likeness (QED) is 0.647. The monoisotopic (exact) mass is 220 g/mol. The van der Waals surface area contributed by atoms with Crippen LogP contribution < -0.4 is 15.9 Å². The number of aryl methyl sites for hydroxylation is 2. The second-order valence-corrected chi connectivity index (χ2v) is 3.58. The summed E-state index contributed by atoms with van der Waals surface area (Å²) < 4.78 is 7.76. The number of ether oxygens (including phenoxy) is 1. The Hall–Kier alpha value is -2.04. The van der Waals surface area contributed by atoms with Crippen molar-refractivity contribution in [3.63, 3.8) is 0 Å². The number of methoxy groups -OCH3 is 1.